The maximum Gasteiger partial charge on any atom is 0.231 e. The van der Waals surface area contributed by atoms with Crippen molar-refractivity contribution in [3.63, 3.8) is 0 Å². The number of hydrogen-bond donors (Lipinski definition) is 2. The van der Waals surface area contributed by atoms with Crippen molar-refractivity contribution in [3.05, 3.63) is 52.0 Å². The molecule has 1 saturated heterocycles. The van der Waals surface area contributed by atoms with Crippen molar-refractivity contribution in [2.45, 2.75) is 45.4 Å². The normalized spacial score (nSPS) is 15.4. The third kappa shape index (κ3) is 3.77. The Balaban J connectivity index is 1.58. The molecule has 4 aromatic rings. The van der Waals surface area contributed by atoms with Crippen molar-refractivity contribution in [2.75, 3.05) is 19.6 Å². The second kappa shape index (κ2) is 8.86. The van der Waals surface area contributed by atoms with E-state index in [2.05, 4.69) is 53.8 Å². The number of pyridine rings is 1. The molecular weight excluding hydrogens is 442 g/mol. The van der Waals surface area contributed by atoms with Crippen LogP contribution in [0.2, 0.25) is 0 Å². The van der Waals surface area contributed by atoms with E-state index in [9.17, 15) is 10.1 Å². The summed E-state index contributed by atoms with van der Waals surface area (Å²) >= 11 is 1.87. The number of aromatic amines is 1. The van der Waals surface area contributed by atoms with Gasteiger partial charge in [-0.1, -0.05) is 26.0 Å². The van der Waals surface area contributed by atoms with Gasteiger partial charge in [-0.25, -0.2) is 0 Å². The highest BCUT2D eigenvalue weighted by molar-refractivity contribution is 7.19. The first-order valence-corrected chi connectivity index (χ1v) is 12.6. The minimum atomic E-state index is -0.251. The van der Waals surface area contributed by atoms with Crippen molar-refractivity contribution in [2.24, 2.45) is 5.73 Å². The highest BCUT2D eigenvalue weighted by Gasteiger charge is 2.28. The minimum Gasteiger partial charge on any atom is -0.369 e. The lowest BCUT2D eigenvalue weighted by atomic mass is 9.89. The Bertz CT molecular complexity index is 1430. The minimum absolute atomic E-state index is 0.251. The molecule has 1 aromatic carbocycles. The molecule has 0 saturated carbocycles. The van der Waals surface area contributed by atoms with E-state index in [0.29, 0.717) is 23.9 Å². The number of carbonyl (C=O) groups excluding carboxylic acids is 1. The summed E-state index contributed by atoms with van der Waals surface area (Å²) in [5.74, 6) is 0.599. The highest BCUT2D eigenvalue weighted by atomic mass is 32.1. The van der Waals surface area contributed by atoms with E-state index in [1.807, 2.05) is 23.5 Å². The number of aromatic nitrogens is 2. The number of amides is 1. The molecule has 1 aliphatic rings. The van der Waals surface area contributed by atoms with Crippen LogP contribution in [0.4, 0.5) is 0 Å². The molecule has 4 heterocycles. The summed E-state index contributed by atoms with van der Waals surface area (Å²) in [6.07, 6.45) is 3.84. The molecule has 6 nitrogen and oxygen atoms in total. The van der Waals surface area contributed by atoms with E-state index in [1.165, 1.54) is 26.2 Å². The SMILES string of the molecule is Cc1c(C2CCN(CC(N)=O)CC2)sc2[nH]c(-c3ccc(C#N)c4ncccc34)c(C(C)C)c12. The van der Waals surface area contributed by atoms with E-state index < -0.39 is 0 Å². The summed E-state index contributed by atoms with van der Waals surface area (Å²) in [6, 6.07) is 10.2. The van der Waals surface area contributed by atoms with Crippen LogP contribution in [-0.4, -0.2) is 40.4 Å². The number of benzene rings is 1. The monoisotopic (exact) mass is 471 g/mol. The largest absolute Gasteiger partial charge is 0.369 e. The molecule has 34 heavy (non-hydrogen) atoms. The van der Waals surface area contributed by atoms with Crippen LogP contribution in [0.3, 0.4) is 0 Å². The van der Waals surface area contributed by atoms with Crippen LogP contribution in [0.25, 0.3) is 32.4 Å². The van der Waals surface area contributed by atoms with Crippen molar-refractivity contribution in [1.29, 1.82) is 5.26 Å². The number of carbonyl (C=O) groups is 1. The fraction of sp³-hybridized carbons (Fsp3) is 0.370. The van der Waals surface area contributed by atoms with Crippen molar-refractivity contribution in [1.82, 2.24) is 14.9 Å². The number of thiophene rings is 1. The van der Waals surface area contributed by atoms with Crippen LogP contribution in [0.1, 0.15) is 60.1 Å². The number of nitrogens with zero attached hydrogens (tertiary/aromatic N) is 3. The lowest BCUT2D eigenvalue weighted by Gasteiger charge is -2.31. The molecule has 1 fully saturated rings. The second-order valence-electron chi connectivity index (χ2n) is 9.55. The third-order valence-electron chi connectivity index (χ3n) is 7.04. The number of hydrogen-bond acceptors (Lipinski definition) is 5. The molecule has 0 atom stereocenters. The van der Waals surface area contributed by atoms with Gasteiger partial charge in [0.2, 0.25) is 5.91 Å². The molecule has 3 aromatic heterocycles. The average Bonchev–Trinajstić information content (AvgIpc) is 3.35. The smallest absolute Gasteiger partial charge is 0.231 e. The Morgan fingerprint density at radius 2 is 2.09 bits per heavy atom. The van der Waals surface area contributed by atoms with Crippen LogP contribution in [0.5, 0.6) is 0 Å². The number of aryl methyl sites for hydroxylation is 1. The van der Waals surface area contributed by atoms with Gasteiger partial charge in [-0.3, -0.25) is 14.7 Å². The predicted octanol–water partition coefficient (Wildman–Crippen LogP) is 5.41. The number of nitrogens with one attached hydrogen (secondary N) is 1. The number of piperidine rings is 1. The van der Waals surface area contributed by atoms with Crippen LogP contribution in [-0.2, 0) is 4.79 Å². The van der Waals surface area contributed by atoms with Gasteiger partial charge in [0.25, 0.3) is 0 Å². The summed E-state index contributed by atoms with van der Waals surface area (Å²) in [5.41, 5.74) is 11.7. The van der Waals surface area contributed by atoms with Gasteiger partial charge in [0, 0.05) is 27.4 Å². The lowest BCUT2D eigenvalue weighted by Crippen LogP contribution is -2.39. The van der Waals surface area contributed by atoms with Gasteiger partial charge in [0.05, 0.1) is 23.3 Å². The number of rotatable bonds is 5. The van der Waals surface area contributed by atoms with Gasteiger partial charge < -0.3 is 10.7 Å². The van der Waals surface area contributed by atoms with Gasteiger partial charge in [0.15, 0.2) is 0 Å². The van der Waals surface area contributed by atoms with E-state index in [4.69, 9.17) is 5.73 Å². The molecule has 0 bridgehead atoms. The van der Waals surface area contributed by atoms with Crippen LogP contribution in [0.15, 0.2) is 30.5 Å². The number of fused-ring (bicyclic) bond motifs is 2. The van der Waals surface area contributed by atoms with E-state index >= 15 is 0 Å². The summed E-state index contributed by atoms with van der Waals surface area (Å²) in [6.45, 7) is 8.92. The zero-order valence-corrected chi connectivity index (χ0v) is 20.6. The van der Waals surface area contributed by atoms with E-state index in [-0.39, 0.29) is 5.91 Å². The summed E-state index contributed by atoms with van der Waals surface area (Å²) in [5, 5.41) is 11.9. The Hall–Kier alpha value is -3.21. The molecule has 174 valence electrons. The Labute approximate surface area is 203 Å². The van der Waals surface area contributed by atoms with Gasteiger partial charge in [-0.2, -0.15) is 5.26 Å². The maximum atomic E-state index is 11.3. The molecular formula is C27H29N5OS. The molecule has 0 aliphatic carbocycles. The zero-order valence-electron chi connectivity index (χ0n) is 19.8. The number of likely N-dealkylation sites (tertiary alicyclic amines) is 1. The first kappa shape index (κ1) is 22.6. The molecule has 0 spiro atoms. The first-order valence-electron chi connectivity index (χ1n) is 11.8. The Morgan fingerprint density at radius 1 is 1.32 bits per heavy atom. The first-order chi connectivity index (χ1) is 16.4. The van der Waals surface area contributed by atoms with Crippen LogP contribution < -0.4 is 5.73 Å². The van der Waals surface area contributed by atoms with Crippen molar-refractivity contribution in [3.8, 4) is 17.3 Å². The fourth-order valence-corrected chi connectivity index (χ4v) is 6.88. The molecule has 0 radical (unpaired) electrons. The number of nitriles is 1. The van der Waals surface area contributed by atoms with Crippen molar-refractivity contribution >= 4 is 38.4 Å². The fourth-order valence-electron chi connectivity index (χ4n) is 5.48. The molecule has 5 rings (SSSR count). The van der Waals surface area contributed by atoms with Gasteiger partial charge in [-0.15, -0.1) is 11.3 Å². The molecule has 3 N–H and O–H groups in total. The topological polar surface area (TPSA) is 98.8 Å². The molecule has 1 amide bonds. The standard InChI is InChI=1S/C27H29N5OS/c1-15(2)22-23-16(3)26(17-8-11-32(12-9-17)14-21(29)33)34-27(23)31-25(22)20-7-6-18(13-28)24-19(20)5-4-10-30-24/h4-7,10,15,17,31H,8-9,11-12,14H2,1-3H3,(H2,29,33). The summed E-state index contributed by atoms with van der Waals surface area (Å²) in [7, 11) is 0. The number of H-pyrrole nitrogens is 1. The molecule has 1 aliphatic heterocycles. The van der Waals surface area contributed by atoms with Crippen LogP contribution in [0, 0.1) is 18.3 Å². The number of nitrogens with two attached hydrogens (primary N) is 1. The van der Waals surface area contributed by atoms with E-state index in [1.54, 1.807) is 6.20 Å². The Kier molecular flexibility index (Phi) is 5.88. The van der Waals surface area contributed by atoms with Gasteiger partial charge >= 0.3 is 0 Å². The maximum absolute atomic E-state index is 11.3. The average molecular weight is 472 g/mol. The van der Waals surface area contributed by atoms with Gasteiger partial charge in [-0.05, 0) is 68.0 Å². The summed E-state index contributed by atoms with van der Waals surface area (Å²) < 4.78 is 0. The second-order valence-corrected chi connectivity index (χ2v) is 10.6. The predicted molar refractivity (Wildman–Crippen MR) is 138 cm³/mol. The van der Waals surface area contributed by atoms with Gasteiger partial charge in [0.1, 0.15) is 10.9 Å². The zero-order chi connectivity index (χ0) is 24.0. The quantitative estimate of drug-likeness (QED) is 0.406. The van der Waals surface area contributed by atoms with E-state index in [0.717, 1.165) is 48.1 Å². The highest BCUT2D eigenvalue weighted by Crippen LogP contribution is 2.46. The molecule has 0 unspecified atom stereocenters. The molecule has 7 heteroatoms. The third-order valence-corrected chi connectivity index (χ3v) is 8.41. The van der Waals surface area contributed by atoms with Crippen molar-refractivity contribution < 1.29 is 4.79 Å². The Morgan fingerprint density at radius 3 is 2.76 bits per heavy atom. The summed E-state index contributed by atoms with van der Waals surface area (Å²) in [4.78, 5) is 24.4. The van der Waals surface area contributed by atoms with Crippen LogP contribution >= 0.6 is 11.3 Å². The lowest BCUT2D eigenvalue weighted by molar-refractivity contribution is -0.119. The number of primary amides is 1.